The largest absolute Gasteiger partial charge is 0.309 e. The molecule has 0 amide bonds. The van der Waals surface area contributed by atoms with Crippen LogP contribution >= 0.6 is 31.9 Å². The van der Waals surface area contributed by atoms with Gasteiger partial charge in [-0.15, -0.1) is 0 Å². The Bertz CT molecular complexity index is 657. The maximum absolute atomic E-state index is 12.7. The fourth-order valence-electron chi connectivity index (χ4n) is 2.16. The van der Waals surface area contributed by atoms with E-state index in [2.05, 4.69) is 38.1 Å². The van der Waals surface area contributed by atoms with Crippen LogP contribution in [0.4, 0.5) is 0 Å². The van der Waals surface area contributed by atoms with Crippen LogP contribution in [0.2, 0.25) is 0 Å². The van der Waals surface area contributed by atoms with Crippen molar-refractivity contribution < 1.29 is 8.42 Å². The van der Waals surface area contributed by atoms with Crippen LogP contribution < -0.4 is 0 Å². The molecule has 0 bridgehead atoms. The average Bonchev–Trinajstić information content (AvgIpc) is 2.89. The maximum atomic E-state index is 12.7. The molecule has 0 unspecified atom stereocenters. The van der Waals surface area contributed by atoms with Crippen molar-refractivity contribution in [3.63, 3.8) is 0 Å². The van der Waals surface area contributed by atoms with Gasteiger partial charge in [0.15, 0.2) is 6.19 Å². The van der Waals surface area contributed by atoms with Crippen LogP contribution in [0.5, 0.6) is 0 Å². The molecule has 108 valence electrons. The van der Waals surface area contributed by atoms with E-state index >= 15 is 0 Å². The van der Waals surface area contributed by atoms with E-state index in [1.807, 2.05) is 0 Å². The fraction of sp³-hybridized carbons (Fsp3) is 0.417. The molecular weight excluding hydrogens is 410 g/mol. The number of rotatable bonds is 3. The Kier molecular flexibility index (Phi) is 4.74. The third-order valence-electron chi connectivity index (χ3n) is 3.37. The van der Waals surface area contributed by atoms with Crippen LogP contribution in [0, 0.1) is 11.5 Å². The van der Waals surface area contributed by atoms with Crippen molar-refractivity contribution in [1.82, 2.24) is 9.21 Å². The first-order valence-corrected chi connectivity index (χ1v) is 8.96. The number of hydrogen-bond donors (Lipinski definition) is 0. The van der Waals surface area contributed by atoms with Crippen LogP contribution in [0.15, 0.2) is 32.0 Å². The topological polar surface area (TPSA) is 64.4 Å². The molecule has 2 rings (SSSR count). The molecule has 0 radical (unpaired) electrons. The number of nitrogens with zero attached hydrogens (tertiary/aromatic N) is 3. The highest BCUT2D eigenvalue weighted by atomic mass is 79.9. The molecule has 1 aliphatic rings. The summed E-state index contributed by atoms with van der Waals surface area (Å²) in [6, 6.07) is 4.87. The number of likely N-dealkylation sites (tertiary alicyclic amines) is 1. The summed E-state index contributed by atoms with van der Waals surface area (Å²) in [6.07, 6.45) is 2.72. The second-order valence-corrected chi connectivity index (χ2v) is 8.32. The van der Waals surface area contributed by atoms with Crippen LogP contribution in [0.25, 0.3) is 0 Å². The van der Waals surface area contributed by atoms with E-state index in [9.17, 15) is 8.42 Å². The summed E-state index contributed by atoms with van der Waals surface area (Å²) in [6.45, 7) is 1.04. The SMILES string of the molecule is CN([C@@H]1CCN(C#N)C1)S(=O)(=O)c1cc(Br)ccc1Br. The molecule has 1 heterocycles. The quantitative estimate of drug-likeness (QED) is 0.701. The Morgan fingerprint density at radius 1 is 1.45 bits per heavy atom. The summed E-state index contributed by atoms with van der Waals surface area (Å²) >= 11 is 6.57. The van der Waals surface area contributed by atoms with Crippen molar-refractivity contribution >= 4 is 41.9 Å². The number of halogens is 2. The van der Waals surface area contributed by atoms with Gasteiger partial charge in [0.05, 0.1) is 4.90 Å². The second-order valence-electron chi connectivity index (χ2n) is 4.58. The van der Waals surface area contributed by atoms with Gasteiger partial charge in [-0.1, -0.05) is 15.9 Å². The average molecular weight is 423 g/mol. The van der Waals surface area contributed by atoms with E-state index in [1.54, 1.807) is 30.1 Å². The van der Waals surface area contributed by atoms with Crippen molar-refractivity contribution in [2.24, 2.45) is 0 Å². The molecule has 1 fully saturated rings. The Hall–Kier alpha value is -0.620. The van der Waals surface area contributed by atoms with Gasteiger partial charge in [0.25, 0.3) is 0 Å². The lowest BCUT2D eigenvalue weighted by Crippen LogP contribution is -2.38. The maximum Gasteiger partial charge on any atom is 0.244 e. The summed E-state index contributed by atoms with van der Waals surface area (Å²) in [5, 5.41) is 8.86. The van der Waals surface area contributed by atoms with Crippen molar-refractivity contribution in [3.8, 4) is 6.19 Å². The molecule has 8 heteroatoms. The molecule has 1 aromatic rings. The highest BCUT2D eigenvalue weighted by Gasteiger charge is 2.33. The van der Waals surface area contributed by atoms with Crippen molar-refractivity contribution in [1.29, 1.82) is 5.26 Å². The minimum atomic E-state index is -3.59. The monoisotopic (exact) mass is 421 g/mol. The molecule has 1 aromatic carbocycles. The van der Waals surface area contributed by atoms with E-state index < -0.39 is 10.0 Å². The van der Waals surface area contributed by atoms with Gasteiger partial charge in [0, 0.05) is 35.1 Å². The zero-order valence-electron chi connectivity index (χ0n) is 10.8. The van der Waals surface area contributed by atoms with Gasteiger partial charge in [-0.05, 0) is 40.5 Å². The standard InChI is InChI=1S/C12H13Br2N3O2S/c1-16(10-4-5-17(7-10)8-15)20(18,19)12-6-9(13)2-3-11(12)14/h2-3,6,10H,4-5,7H2,1H3/t10-/m1/s1. The first-order valence-electron chi connectivity index (χ1n) is 5.94. The predicted molar refractivity (Wildman–Crippen MR) is 82.4 cm³/mol. The van der Waals surface area contributed by atoms with E-state index in [4.69, 9.17) is 5.26 Å². The number of benzene rings is 1. The van der Waals surface area contributed by atoms with Gasteiger partial charge in [0.2, 0.25) is 10.0 Å². The molecule has 1 saturated heterocycles. The van der Waals surface area contributed by atoms with Gasteiger partial charge >= 0.3 is 0 Å². The summed E-state index contributed by atoms with van der Waals surface area (Å²) < 4.78 is 27.9. The van der Waals surface area contributed by atoms with Gasteiger partial charge < -0.3 is 4.90 Å². The number of sulfonamides is 1. The molecule has 1 atom stereocenters. The van der Waals surface area contributed by atoms with E-state index in [1.165, 1.54) is 4.31 Å². The molecular formula is C12H13Br2N3O2S. The Labute approximate surface area is 135 Å². The predicted octanol–water partition coefficient (Wildman–Crippen LogP) is 2.39. The van der Waals surface area contributed by atoms with Gasteiger partial charge in [-0.3, -0.25) is 0 Å². The second kappa shape index (κ2) is 6.02. The summed E-state index contributed by atoms with van der Waals surface area (Å²) in [7, 11) is -2.02. The van der Waals surface area contributed by atoms with Crippen LogP contribution in [-0.4, -0.2) is 43.8 Å². The normalized spacial score (nSPS) is 19.4. The highest BCUT2D eigenvalue weighted by Crippen LogP contribution is 2.29. The van der Waals surface area contributed by atoms with Gasteiger partial charge in [-0.2, -0.15) is 9.57 Å². The Morgan fingerprint density at radius 3 is 2.75 bits per heavy atom. The Morgan fingerprint density at radius 2 is 2.15 bits per heavy atom. The molecule has 0 spiro atoms. The smallest absolute Gasteiger partial charge is 0.244 e. The van der Waals surface area contributed by atoms with Gasteiger partial charge in [-0.25, -0.2) is 8.42 Å². The summed E-state index contributed by atoms with van der Waals surface area (Å²) in [5.41, 5.74) is 0. The molecule has 5 nitrogen and oxygen atoms in total. The molecule has 0 saturated carbocycles. The van der Waals surface area contributed by atoms with Crippen LogP contribution in [-0.2, 0) is 10.0 Å². The summed E-state index contributed by atoms with van der Waals surface area (Å²) in [4.78, 5) is 1.80. The molecule has 1 aliphatic heterocycles. The van der Waals surface area contributed by atoms with Crippen molar-refractivity contribution in [3.05, 3.63) is 27.1 Å². The lowest BCUT2D eigenvalue weighted by Gasteiger charge is -2.24. The highest BCUT2D eigenvalue weighted by molar-refractivity contribution is 9.11. The zero-order valence-corrected chi connectivity index (χ0v) is 14.7. The van der Waals surface area contributed by atoms with E-state index in [0.29, 0.717) is 28.5 Å². The number of likely N-dealkylation sites (N-methyl/N-ethyl adjacent to an activating group) is 1. The van der Waals surface area contributed by atoms with Crippen molar-refractivity contribution in [2.75, 3.05) is 20.1 Å². The number of hydrogen-bond acceptors (Lipinski definition) is 4. The minimum absolute atomic E-state index is 0.175. The molecule has 0 N–H and O–H groups in total. The molecule has 0 aromatic heterocycles. The molecule has 20 heavy (non-hydrogen) atoms. The first kappa shape index (κ1) is 15.8. The van der Waals surface area contributed by atoms with E-state index in [0.717, 1.165) is 0 Å². The van der Waals surface area contributed by atoms with Gasteiger partial charge in [0.1, 0.15) is 0 Å². The first-order chi connectivity index (χ1) is 9.36. The van der Waals surface area contributed by atoms with Crippen molar-refractivity contribution in [2.45, 2.75) is 17.4 Å². The third kappa shape index (κ3) is 3.01. The number of nitriles is 1. The zero-order chi connectivity index (χ0) is 14.9. The van der Waals surface area contributed by atoms with Crippen LogP contribution in [0.3, 0.4) is 0 Å². The minimum Gasteiger partial charge on any atom is -0.309 e. The molecule has 0 aliphatic carbocycles. The third-order valence-corrected chi connectivity index (χ3v) is 6.77. The van der Waals surface area contributed by atoms with E-state index in [-0.39, 0.29) is 10.9 Å². The lowest BCUT2D eigenvalue weighted by atomic mass is 10.3. The van der Waals surface area contributed by atoms with Crippen LogP contribution in [0.1, 0.15) is 6.42 Å². The summed E-state index contributed by atoms with van der Waals surface area (Å²) in [5.74, 6) is 0. The lowest BCUT2D eigenvalue weighted by molar-refractivity contribution is 0.364. The Balaban J connectivity index is 2.31. The fourth-order valence-corrected chi connectivity index (χ4v) is 4.99.